The summed E-state index contributed by atoms with van der Waals surface area (Å²) in [6.45, 7) is 14.6. The van der Waals surface area contributed by atoms with Crippen molar-refractivity contribution in [1.29, 1.82) is 0 Å². The van der Waals surface area contributed by atoms with E-state index in [1.807, 2.05) is 6.92 Å². The molecule has 0 aromatic carbocycles. The van der Waals surface area contributed by atoms with Crippen LogP contribution in [0.1, 0.15) is 34.1 Å². The summed E-state index contributed by atoms with van der Waals surface area (Å²) in [7, 11) is 0. The van der Waals surface area contributed by atoms with Gasteiger partial charge < -0.3 is 24.6 Å². The number of aliphatic imine (C=N–C) groups is 1. The molecule has 0 aromatic heterocycles. The van der Waals surface area contributed by atoms with Gasteiger partial charge in [-0.05, 0) is 26.2 Å². The molecule has 0 spiro atoms. The minimum absolute atomic E-state index is 0.221. The van der Waals surface area contributed by atoms with Crippen molar-refractivity contribution in [2.75, 3.05) is 59.1 Å². The molecule has 1 fully saturated rings. The van der Waals surface area contributed by atoms with Crippen LogP contribution in [0.3, 0.4) is 0 Å². The molecule has 1 aliphatic heterocycles. The summed E-state index contributed by atoms with van der Waals surface area (Å²) in [5.74, 6) is 1.49. The van der Waals surface area contributed by atoms with E-state index in [9.17, 15) is 4.79 Å². The second kappa shape index (κ2) is 11.9. The average molecular weight is 342 g/mol. The molecular weight excluding hydrogens is 308 g/mol. The van der Waals surface area contributed by atoms with Gasteiger partial charge in [-0.25, -0.2) is 4.79 Å². The first-order valence-corrected chi connectivity index (χ1v) is 9.11. The minimum atomic E-state index is -0.221. The van der Waals surface area contributed by atoms with Crippen LogP contribution in [0.25, 0.3) is 0 Å². The monoisotopic (exact) mass is 342 g/mol. The standard InChI is InChI=1S/C17H34N4O3/c1-5-18-16(19-8-7-13-23-14-15(3)4)20-9-11-21(12-10-20)17(22)24-6-2/h15H,5-14H2,1-4H3,(H,18,19). The molecule has 0 saturated carbocycles. The quantitative estimate of drug-likeness (QED) is 0.414. The lowest BCUT2D eigenvalue weighted by Crippen LogP contribution is -2.53. The number of nitrogens with zero attached hydrogens (tertiary/aromatic N) is 3. The second-order valence-electron chi connectivity index (χ2n) is 6.23. The van der Waals surface area contributed by atoms with Crippen molar-refractivity contribution in [3.63, 3.8) is 0 Å². The van der Waals surface area contributed by atoms with E-state index >= 15 is 0 Å². The van der Waals surface area contributed by atoms with Gasteiger partial charge in [0.25, 0.3) is 0 Å². The molecule has 140 valence electrons. The number of guanidine groups is 1. The molecule has 0 radical (unpaired) electrons. The zero-order valence-corrected chi connectivity index (χ0v) is 15.7. The van der Waals surface area contributed by atoms with E-state index in [2.05, 4.69) is 36.0 Å². The van der Waals surface area contributed by atoms with Gasteiger partial charge in [-0.1, -0.05) is 13.8 Å². The van der Waals surface area contributed by atoms with Gasteiger partial charge in [0.05, 0.1) is 6.61 Å². The molecule has 1 amide bonds. The lowest BCUT2D eigenvalue weighted by Gasteiger charge is -2.35. The topological polar surface area (TPSA) is 66.4 Å². The van der Waals surface area contributed by atoms with Gasteiger partial charge in [0.15, 0.2) is 5.96 Å². The van der Waals surface area contributed by atoms with Crippen LogP contribution in [-0.2, 0) is 9.47 Å². The minimum Gasteiger partial charge on any atom is -0.450 e. The molecule has 0 aliphatic carbocycles. The summed E-state index contributed by atoms with van der Waals surface area (Å²) < 4.78 is 10.6. The molecule has 0 aromatic rings. The maximum absolute atomic E-state index is 11.7. The summed E-state index contributed by atoms with van der Waals surface area (Å²) in [4.78, 5) is 20.4. The van der Waals surface area contributed by atoms with Gasteiger partial charge in [0.2, 0.25) is 0 Å². The van der Waals surface area contributed by atoms with Crippen molar-refractivity contribution in [3.8, 4) is 0 Å². The van der Waals surface area contributed by atoms with E-state index in [4.69, 9.17) is 9.47 Å². The number of hydrogen-bond acceptors (Lipinski definition) is 4. The lowest BCUT2D eigenvalue weighted by atomic mass is 10.2. The molecule has 1 saturated heterocycles. The highest BCUT2D eigenvalue weighted by Gasteiger charge is 2.23. The molecule has 7 heteroatoms. The smallest absolute Gasteiger partial charge is 0.409 e. The molecule has 24 heavy (non-hydrogen) atoms. The van der Waals surface area contributed by atoms with Gasteiger partial charge in [-0.2, -0.15) is 0 Å². The summed E-state index contributed by atoms with van der Waals surface area (Å²) in [6.07, 6.45) is 0.700. The Kier molecular flexibility index (Phi) is 10.2. The fourth-order valence-electron chi connectivity index (χ4n) is 2.41. The summed E-state index contributed by atoms with van der Waals surface area (Å²) in [5.41, 5.74) is 0. The summed E-state index contributed by atoms with van der Waals surface area (Å²) in [6, 6.07) is 0. The fraction of sp³-hybridized carbons (Fsp3) is 0.882. The van der Waals surface area contributed by atoms with Crippen LogP contribution in [0.5, 0.6) is 0 Å². The Morgan fingerprint density at radius 1 is 1.17 bits per heavy atom. The Labute approximate surface area is 146 Å². The number of amides is 1. The number of ether oxygens (including phenoxy) is 2. The van der Waals surface area contributed by atoms with Gasteiger partial charge >= 0.3 is 6.09 Å². The molecule has 1 rings (SSSR count). The molecule has 1 aliphatic rings. The van der Waals surface area contributed by atoms with Crippen LogP contribution in [-0.4, -0.2) is 80.9 Å². The largest absolute Gasteiger partial charge is 0.450 e. The molecule has 1 heterocycles. The van der Waals surface area contributed by atoms with E-state index in [1.165, 1.54) is 0 Å². The van der Waals surface area contributed by atoms with Crippen LogP contribution >= 0.6 is 0 Å². The normalized spacial score (nSPS) is 15.8. The van der Waals surface area contributed by atoms with Gasteiger partial charge in [-0.15, -0.1) is 0 Å². The predicted molar refractivity (Wildman–Crippen MR) is 96.4 cm³/mol. The zero-order chi connectivity index (χ0) is 17.8. The Morgan fingerprint density at radius 3 is 2.42 bits per heavy atom. The van der Waals surface area contributed by atoms with Crippen molar-refractivity contribution in [2.45, 2.75) is 34.1 Å². The maximum atomic E-state index is 11.7. The first-order valence-electron chi connectivity index (χ1n) is 9.11. The third-order valence-electron chi connectivity index (χ3n) is 3.60. The van der Waals surface area contributed by atoms with Gasteiger partial charge in [-0.3, -0.25) is 4.99 Å². The third-order valence-corrected chi connectivity index (χ3v) is 3.60. The van der Waals surface area contributed by atoms with Crippen LogP contribution in [0, 0.1) is 5.92 Å². The first-order chi connectivity index (χ1) is 11.6. The van der Waals surface area contributed by atoms with Crippen LogP contribution in [0.4, 0.5) is 4.79 Å². The highest BCUT2D eigenvalue weighted by Crippen LogP contribution is 2.05. The number of carbonyl (C=O) groups excluding carboxylic acids is 1. The van der Waals surface area contributed by atoms with Crippen molar-refractivity contribution in [2.24, 2.45) is 10.9 Å². The third kappa shape index (κ3) is 7.86. The predicted octanol–water partition coefficient (Wildman–Crippen LogP) is 1.79. The molecule has 0 unspecified atom stereocenters. The first kappa shape index (κ1) is 20.5. The van der Waals surface area contributed by atoms with Gasteiger partial charge in [0.1, 0.15) is 0 Å². The van der Waals surface area contributed by atoms with Crippen LogP contribution in [0.2, 0.25) is 0 Å². The summed E-state index contributed by atoms with van der Waals surface area (Å²) >= 11 is 0. The molecular formula is C17H34N4O3. The fourth-order valence-corrected chi connectivity index (χ4v) is 2.41. The van der Waals surface area contributed by atoms with Crippen molar-refractivity contribution in [3.05, 3.63) is 0 Å². The average Bonchev–Trinajstić information content (AvgIpc) is 2.57. The van der Waals surface area contributed by atoms with E-state index in [0.29, 0.717) is 25.6 Å². The zero-order valence-electron chi connectivity index (χ0n) is 15.7. The van der Waals surface area contributed by atoms with Crippen molar-refractivity contribution < 1.29 is 14.3 Å². The number of hydrogen-bond donors (Lipinski definition) is 1. The Balaban J connectivity index is 2.37. The highest BCUT2D eigenvalue weighted by molar-refractivity contribution is 5.80. The number of rotatable bonds is 8. The van der Waals surface area contributed by atoms with Crippen LogP contribution in [0.15, 0.2) is 4.99 Å². The molecule has 0 atom stereocenters. The number of nitrogens with one attached hydrogen (secondary N) is 1. The lowest BCUT2D eigenvalue weighted by molar-refractivity contribution is 0.0913. The molecule has 1 N–H and O–H groups in total. The Bertz CT molecular complexity index is 380. The Morgan fingerprint density at radius 2 is 1.83 bits per heavy atom. The SMILES string of the molecule is CCNC(=NCCCOCC(C)C)N1CCN(C(=O)OCC)CC1. The Hall–Kier alpha value is -1.50. The van der Waals surface area contributed by atoms with Crippen molar-refractivity contribution >= 4 is 12.1 Å². The number of carbonyl (C=O) groups is 1. The maximum Gasteiger partial charge on any atom is 0.409 e. The second-order valence-corrected chi connectivity index (χ2v) is 6.23. The molecule has 0 bridgehead atoms. The van der Waals surface area contributed by atoms with Crippen LogP contribution < -0.4 is 5.32 Å². The van der Waals surface area contributed by atoms with E-state index in [-0.39, 0.29) is 6.09 Å². The van der Waals surface area contributed by atoms with Crippen molar-refractivity contribution in [1.82, 2.24) is 15.1 Å². The molecule has 7 nitrogen and oxygen atoms in total. The van der Waals surface area contributed by atoms with E-state index in [0.717, 1.165) is 51.8 Å². The highest BCUT2D eigenvalue weighted by atomic mass is 16.6. The summed E-state index contributed by atoms with van der Waals surface area (Å²) in [5, 5.41) is 3.33. The van der Waals surface area contributed by atoms with Gasteiger partial charge in [0, 0.05) is 52.5 Å². The van der Waals surface area contributed by atoms with E-state index < -0.39 is 0 Å². The number of piperazine rings is 1. The van der Waals surface area contributed by atoms with E-state index in [1.54, 1.807) is 4.90 Å².